The number of hydrogen-bond acceptors (Lipinski definition) is 5. The van der Waals surface area contributed by atoms with Gasteiger partial charge in [-0.15, -0.1) is 11.3 Å². The Morgan fingerprint density at radius 3 is 2.28 bits per heavy atom. The summed E-state index contributed by atoms with van der Waals surface area (Å²) in [5.74, 6) is 1.21. The maximum Gasteiger partial charge on any atom is 0.162 e. The molecule has 18 heavy (non-hydrogen) atoms. The molecular weight excluding hydrogens is 252 g/mol. The molecule has 1 aromatic carbocycles. The summed E-state index contributed by atoms with van der Waals surface area (Å²) in [5, 5.41) is 20.8. The minimum atomic E-state index is -0.0416. The number of hydrogen-bond donors (Lipinski definition) is 2. The second-order valence-electron chi connectivity index (χ2n) is 3.86. The molecule has 1 aromatic heterocycles. The van der Waals surface area contributed by atoms with E-state index in [2.05, 4.69) is 5.38 Å². The van der Waals surface area contributed by atoms with Crippen molar-refractivity contribution >= 4 is 21.4 Å². The van der Waals surface area contributed by atoms with E-state index in [4.69, 9.17) is 19.7 Å². The minimum absolute atomic E-state index is 0.0407. The van der Waals surface area contributed by atoms with E-state index in [9.17, 15) is 0 Å². The van der Waals surface area contributed by atoms with Crippen LogP contribution >= 0.6 is 11.3 Å². The maximum absolute atomic E-state index is 8.82. The zero-order chi connectivity index (χ0) is 13.0. The van der Waals surface area contributed by atoms with Crippen molar-refractivity contribution in [3.05, 3.63) is 23.1 Å². The van der Waals surface area contributed by atoms with Crippen molar-refractivity contribution in [3.8, 4) is 11.5 Å². The molecule has 0 unspecified atom stereocenters. The Balaban J connectivity index is 2.37. The molecule has 0 saturated heterocycles. The van der Waals surface area contributed by atoms with Gasteiger partial charge in [0.15, 0.2) is 11.5 Å². The van der Waals surface area contributed by atoms with Gasteiger partial charge in [-0.3, -0.25) is 0 Å². The Bertz CT molecular complexity index is 521. The van der Waals surface area contributed by atoms with E-state index in [-0.39, 0.29) is 26.4 Å². The average molecular weight is 268 g/mol. The largest absolute Gasteiger partial charge is 0.487 e. The zero-order valence-corrected chi connectivity index (χ0v) is 11.0. The van der Waals surface area contributed by atoms with Crippen LogP contribution in [-0.4, -0.2) is 36.6 Å². The summed E-state index contributed by atoms with van der Waals surface area (Å²) < 4.78 is 12.0. The Morgan fingerprint density at radius 2 is 1.67 bits per heavy atom. The molecular formula is C13H16O4S. The fraction of sp³-hybridized carbons (Fsp3) is 0.385. The molecule has 1 heterocycles. The normalized spacial score (nSPS) is 10.8. The number of fused-ring (bicyclic) bond motifs is 1. The Labute approximate surface area is 109 Å². The lowest BCUT2D eigenvalue weighted by Crippen LogP contribution is -2.06. The number of benzene rings is 1. The van der Waals surface area contributed by atoms with Crippen LogP contribution in [0.3, 0.4) is 0 Å². The van der Waals surface area contributed by atoms with E-state index < -0.39 is 0 Å². The fourth-order valence-corrected chi connectivity index (χ4v) is 2.65. The average Bonchev–Trinajstić information content (AvgIpc) is 2.74. The number of aliphatic hydroxyl groups is 2. The Kier molecular flexibility index (Phi) is 4.41. The topological polar surface area (TPSA) is 58.9 Å². The van der Waals surface area contributed by atoms with E-state index in [1.165, 1.54) is 5.56 Å². The summed E-state index contributed by atoms with van der Waals surface area (Å²) in [6.45, 7) is 2.42. The lowest BCUT2D eigenvalue weighted by atomic mass is 10.2. The molecule has 2 rings (SSSR count). The Hall–Kier alpha value is -1.30. The second-order valence-corrected chi connectivity index (χ2v) is 4.77. The fourth-order valence-electron chi connectivity index (χ4n) is 1.70. The highest BCUT2D eigenvalue weighted by molar-refractivity contribution is 7.17. The van der Waals surface area contributed by atoms with Gasteiger partial charge >= 0.3 is 0 Å². The molecule has 2 N–H and O–H groups in total. The van der Waals surface area contributed by atoms with Gasteiger partial charge in [-0.25, -0.2) is 0 Å². The summed E-state index contributed by atoms with van der Waals surface area (Å²) in [5.41, 5.74) is 1.19. The van der Waals surface area contributed by atoms with Crippen LogP contribution in [0, 0.1) is 6.92 Å². The molecule has 0 aliphatic heterocycles. The summed E-state index contributed by atoms with van der Waals surface area (Å²) in [6, 6.07) is 3.83. The molecule has 2 aromatic rings. The highest BCUT2D eigenvalue weighted by atomic mass is 32.1. The summed E-state index contributed by atoms with van der Waals surface area (Å²) in [7, 11) is 0. The smallest absolute Gasteiger partial charge is 0.162 e. The number of rotatable bonds is 6. The number of aryl methyl sites for hydroxylation is 1. The molecule has 0 aliphatic rings. The van der Waals surface area contributed by atoms with Gasteiger partial charge in [0.25, 0.3) is 0 Å². The predicted octanol–water partition coefficient (Wildman–Crippen LogP) is 1.95. The van der Waals surface area contributed by atoms with E-state index in [1.807, 2.05) is 19.1 Å². The molecule has 0 radical (unpaired) electrons. The van der Waals surface area contributed by atoms with Gasteiger partial charge in [0, 0.05) is 10.8 Å². The molecule has 0 amide bonds. The van der Waals surface area contributed by atoms with Crippen LogP contribution in [0.4, 0.5) is 0 Å². The summed E-state index contributed by atoms with van der Waals surface area (Å²) in [6.07, 6.45) is 0. The third kappa shape index (κ3) is 2.75. The van der Waals surface area contributed by atoms with E-state index in [0.29, 0.717) is 11.5 Å². The van der Waals surface area contributed by atoms with E-state index >= 15 is 0 Å². The Morgan fingerprint density at radius 1 is 1.06 bits per heavy atom. The molecule has 0 atom stereocenters. The minimum Gasteiger partial charge on any atom is -0.487 e. The van der Waals surface area contributed by atoms with Gasteiger partial charge in [-0.2, -0.15) is 0 Å². The first-order chi connectivity index (χ1) is 8.76. The second kappa shape index (κ2) is 6.04. The van der Waals surface area contributed by atoms with Gasteiger partial charge in [0.2, 0.25) is 0 Å². The molecule has 0 bridgehead atoms. The number of ether oxygens (including phenoxy) is 2. The van der Waals surface area contributed by atoms with Crippen LogP contribution < -0.4 is 9.47 Å². The van der Waals surface area contributed by atoms with Gasteiger partial charge in [-0.1, -0.05) is 0 Å². The lowest BCUT2D eigenvalue weighted by Gasteiger charge is -2.12. The van der Waals surface area contributed by atoms with Crippen LogP contribution in [0.5, 0.6) is 11.5 Å². The highest BCUT2D eigenvalue weighted by Crippen LogP contribution is 2.36. The quantitative estimate of drug-likeness (QED) is 0.840. The first-order valence-electron chi connectivity index (χ1n) is 5.75. The zero-order valence-electron chi connectivity index (χ0n) is 10.2. The van der Waals surface area contributed by atoms with Gasteiger partial charge in [-0.05, 0) is 29.3 Å². The first-order valence-corrected chi connectivity index (χ1v) is 6.63. The van der Waals surface area contributed by atoms with Crippen LogP contribution in [0.15, 0.2) is 17.5 Å². The van der Waals surface area contributed by atoms with Crippen molar-refractivity contribution in [1.29, 1.82) is 0 Å². The van der Waals surface area contributed by atoms with Crippen molar-refractivity contribution in [2.75, 3.05) is 26.4 Å². The van der Waals surface area contributed by atoms with E-state index in [1.54, 1.807) is 11.3 Å². The third-order valence-corrected chi connectivity index (χ3v) is 3.59. The SMILES string of the molecule is Cc1csc2cc(OCCO)c(OCCO)cc12. The van der Waals surface area contributed by atoms with Crippen LogP contribution in [0.2, 0.25) is 0 Å². The first kappa shape index (κ1) is 13.1. The number of aliphatic hydroxyl groups excluding tert-OH is 2. The number of thiophene rings is 1. The van der Waals surface area contributed by atoms with Crippen molar-refractivity contribution in [3.63, 3.8) is 0 Å². The van der Waals surface area contributed by atoms with Crippen LogP contribution in [0.25, 0.3) is 10.1 Å². The van der Waals surface area contributed by atoms with Crippen LogP contribution in [-0.2, 0) is 0 Å². The molecule has 0 saturated carbocycles. The summed E-state index contributed by atoms with van der Waals surface area (Å²) >= 11 is 1.65. The van der Waals surface area contributed by atoms with E-state index in [0.717, 1.165) is 10.1 Å². The van der Waals surface area contributed by atoms with Crippen molar-refractivity contribution in [2.24, 2.45) is 0 Å². The molecule has 0 aliphatic carbocycles. The standard InChI is InChI=1S/C13H16O4S/c1-9-8-18-13-7-12(17-5-3-15)11(6-10(9)13)16-4-2-14/h6-8,14-15H,2-5H2,1H3. The lowest BCUT2D eigenvalue weighted by molar-refractivity contribution is 0.178. The molecule has 98 valence electrons. The summed E-state index contributed by atoms with van der Waals surface area (Å²) in [4.78, 5) is 0. The van der Waals surface area contributed by atoms with Crippen LogP contribution in [0.1, 0.15) is 5.56 Å². The predicted molar refractivity (Wildman–Crippen MR) is 71.7 cm³/mol. The molecule has 0 spiro atoms. The highest BCUT2D eigenvalue weighted by Gasteiger charge is 2.10. The van der Waals surface area contributed by atoms with Crippen molar-refractivity contribution < 1.29 is 19.7 Å². The third-order valence-electron chi connectivity index (χ3n) is 2.53. The molecule has 5 heteroatoms. The maximum atomic E-state index is 8.82. The van der Waals surface area contributed by atoms with Crippen molar-refractivity contribution in [1.82, 2.24) is 0 Å². The van der Waals surface area contributed by atoms with Gasteiger partial charge in [0.1, 0.15) is 13.2 Å². The molecule has 4 nitrogen and oxygen atoms in total. The molecule has 0 fully saturated rings. The van der Waals surface area contributed by atoms with Gasteiger partial charge < -0.3 is 19.7 Å². The van der Waals surface area contributed by atoms with Crippen molar-refractivity contribution in [2.45, 2.75) is 6.92 Å². The monoisotopic (exact) mass is 268 g/mol. The van der Waals surface area contributed by atoms with Gasteiger partial charge in [0.05, 0.1) is 13.2 Å².